The average molecular weight is 275 g/mol. The Balaban J connectivity index is 1.73. The molecule has 1 amide bonds. The summed E-state index contributed by atoms with van der Waals surface area (Å²) in [5.41, 5.74) is 0.772. The van der Waals surface area contributed by atoms with Crippen LogP contribution in [0.15, 0.2) is 30.3 Å². The van der Waals surface area contributed by atoms with Crippen LogP contribution in [0.5, 0.6) is 0 Å². The van der Waals surface area contributed by atoms with E-state index in [9.17, 15) is 4.79 Å². The Morgan fingerprint density at radius 2 is 2.10 bits per heavy atom. The van der Waals surface area contributed by atoms with E-state index < -0.39 is 6.10 Å². The minimum atomic E-state index is -0.425. The third-order valence-electron chi connectivity index (χ3n) is 4.18. The lowest BCUT2D eigenvalue weighted by molar-refractivity contribution is -0.149. The predicted molar refractivity (Wildman–Crippen MR) is 74.9 cm³/mol. The molecule has 20 heavy (non-hydrogen) atoms. The molecule has 2 heterocycles. The Kier molecular flexibility index (Phi) is 3.52. The zero-order valence-electron chi connectivity index (χ0n) is 12.0. The number of carbonyl (C=O) groups excluding carboxylic acids is 1. The van der Waals surface area contributed by atoms with Gasteiger partial charge in [-0.3, -0.25) is 4.79 Å². The van der Waals surface area contributed by atoms with Crippen LogP contribution in [0.1, 0.15) is 25.8 Å². The Labute approximate surface area is 119 Å². The standard InChI is InChI=1S/C16H21NO3/c1-16(2)13(20-11-12-7-4-3-5-8-12)14(18)17-9-6-10-19-15(16)17/h3-5,7-8,13,15H,6,9-11H2,1-2H3/t13-,15-/m1/s1. The number of carbonyl (C=O) groups is 1. The summed E-state index contributed by atoms with van der Waals surface area (Å²) >= 11 is 0. The number of ether oxygens (including phenoxy) is 2. The number of benzene rings is 1. The van der Waals surface area contributed by atoms with Crippen LogP contribution >= 0.6 is 0 Å². The van der Waals surface area contributed by atoms with Crippen LogP contribution in [0.25, 0.3) is 0 Å². The molecule has 0 unspecified atom stereocenters. The van der Waals surface area contributed by atoms with Crippen LogP contribution < -0.4 is 0 Å². The van der Waals surface area contributed by atoms with Gasteiger partial charge in [0.1, 0.15) is 12.3 Å². The van der Waals surface area contributed by atoms with E-state index in [1.807, 2.05) is 35.2 Å². The van der Waals surface area contributed by atoms with Gasteiger partial charge in [-0.15, -0.1) is 0 Å². The van der Waals surface area contributed by atoms with E-state index in [1.165, 1.54) is 0 Å². The van der Waals surface area contributed by atoms with Crippen molar-refractivity contribution in [2.75, 3.05) is 13.2 Å². The van der Waals surface area contributed by atoms with Crippen LogP contribution in [-0.4, -0.2) is 36.3 Å². The molecule has 0 spiro atoms. The first-order valence-corrected chi connectivity index (χ1v) is 7.18. The lowest BCUT2D eigenvalue weighted by Crippen LogP contribution is -2.45. The number of fused-ring (bicyclic) bond motifs is 1. The Morgan fingerprint density at radius 1 is 1.35 bits per heavy atom. The van der Waals surface area contributed by atoms with E-state index in [2.05, 4.69) is 13.8 Å². The van der Waals surface area contributed by atoms with Gasteiger partial charge in [0, 0.05) is 12.0 Å². The number of hydrogen-bond acceptors (Lipinski definition) is 3. The van der Waals surface area contributed by atoms with E-state index in [0.717, 1.165) is 25.1 Å². The summed E-state index contributed by atoms with van der Waals surface area (Å²) in [7, 11) is 0. The van der Waals surface area contributed by atoms with E-state index >= 15 is 0 Å². The van der Waals surface area contributed by atoms with Crippen LogP contribution in [0.3, 0.4) is 0 Å². The highest BCUT2D eigenvalue weighted by atomic mass is 16.5. The predicted octanol–water partition coefficient (Wildman–Crippen LogP) is 2.19. The second-order valence-electron chi connectivity index (χ2n) is 6.11. The van der Waals surface area contributed by atoms with Crippen molar-refractivity contribution in [3.63, 3.8) is 0 Å². The van der Waals surface area contributed by atoms with Crippen LogP contribution in [-0.2, 0) is 20.9 Å². The highest BCUT2D eigenvalue weighted by Gasteiger charge is 2.56. The van der Waals surface area contributed by atoms with Gasteiger partial charge in [-0.2, -0.15) is 0 Å². The van der Waals surface area contributed by atoms with E-state index in [-0.39, 0.29) is 17.6 Å². The summed E-state index contributed by atoms with van der Waals surface area (Å²) in [5.74, 6) is 0.0654. The molecule has 3 rings (SSSR count). The Hall–Kier alpha value is -1.39. The van der Waals surface area contributed by atoms with Crippen molar-refractivity contribution in [2.45, 2.75) is 39.2 Å². The maximum absolute atomic E-state index is 12.5. The molecule has 4 heteroatoms. The smallest absolute Gasteiger partial charge is 0.254 e. The number of rotatable bonds is 3. The summed E-state index contributed by atoms with van der Waals surface area (Å²) in [4.78, 5) is 14.3. The minimum absolute atomic E-state index is 0.0654. The number of nitrogens with zero attached hydrogens (tertiary/aromatic N) is 1. The lowest BCUT2D eigenvalue weighted by atomic mass is 9.87. The Morgan fingerprint density at radius 3 is 2.80 bits per heavy atom. The molecule has 2 fully saturated rings. The molecule has 2 aliphatic rings. The van der Waals surface area contributed by atoms with Crippen molar-refractivity contribution < 1.29 is 14.3 Å². The molecule has 0 radical (unpaired) electrons. The first-order chi connectivity index (χ1) is 9.60. The largest absolute Gasteiger partial charge is 0.363 e. The van der Waals surface area contributed by atoms with Gasteiger partial charge in [-0.25, -0.2) is 0 Å². The molecular formula is C16H21NO3. The third-order valence-corrected chi connectivity index (χ3v) is 4.18. The second-order valence-corrected chi connectivity index (χ2v) is 6.11. The monoisotopic (exact) mass is 275 g/mol. The van der Waals surface area contributed by atoms with Crippen molar-refractivity contribution in [2.24, 2.45) is 5.41 Å². The summed E-state index contributed by atoms with van der Waals surface area (Å²) in [6.07, 6.45) is 0.333. The van der Waals surface area contributed by atoms with Gasteiger partial charge in [0.15, 0.2) is 0 Å². The van der Waals surface area contributed by atoms with Gasteiger partial charge < -0.3 is 14.4 Å². The molecule has 2 atom stereocenters. The second kappa shape index (κ2) is 5.19. The van der Waals surface area contributed by atoms with Crippen LogP contribution in [0, 0.1) is 5.41 Å². The van der Waals surface area contributed by atoms with E-state index in [4.69, 9.17) is 9.47 Å². The summed E-state index contributed by atoms with van der Waals surface area (Å²) in [6.45, 7) is 6.07. The summed E-state index contributed by atoms with van der Waals surface area (Å²) < 4.78 is 11.7. The van der Waals surface area contributed by atoms with Crippen molar-refractivity contribution in [1.82, 2.24) is 4.90 Å². The van der Waals surface area contributed by atoms with Gasteiger partial charge in [0.05, 0.1) is 13.2 Å². The van der Waals surface area contributed by atoms with Crippen molar-refractivity contribution in [1.29, 1.82) is 0 Å². The van der Waals surface area contributed by atoms with Gasteiger partial charge in [0.25, 0.3) is 5.91 Å². The highest BCUT2D eigenvalue weighted by Crippen LogP contribution is 2.41. The molecule has 0 aromatic heterocycles. The lowest BCUT2D eigenvalue weighted by Gasteiger charge is -2.36. The summed E-state index contributed by atoms with van der Waals surface area (Å²) in [6, 6.07) is 9.95. The average Bonchev–Trinajstić information content (AvgIpc) is 2.66. The molecule has 0 N–H and O–H groups in total. The van der Waals surface area contributed by atoms with Crippen LogP contribution in [0.4, 0.5) is 0 Å². The first kappa shape index (κ1) is 13.6. The maximum atomic E-state index is 12.5. The van der Waals surface area contributed by atoms with Gasteiger partial charge in [0.2, 0.25) is 0 Å². The molecular weight excluding hydrogens is 254 g/mol. The fourth-order valence-corrected chi connectivity index (χ4v) is 3.12. The zero-order valence-corrected chi connectivity index (χ0v) is 12.0. The zero-order chi connectivity index (χ0) is 14.2. The molecule has 1 aromatic rings. The Bertz CT molecular complexity index is 486. The maximum Gasteiger partial charge on any atom is 0.254 e. The van der Waals surface area contributed by atoms with Gasteiger partial charge in [-0.1, -0.05) is 44.2 Å². The fraction of sp³-hybridized carbons (Fsp3) is 0.562. The van der Waals surface area contributed by atoms with Gasteiger partial charge in [-0.05, 0) is 12.0 Å². The SMILES string of the molecule is CC1(C)[C@H](OCc2ccccc2)C(=O)N2CCCO[C@@H]21. The summed E-state index contributed by atoms with van der Waals surface area (Å²) in [5, 5.41) is 0. The van der Waals surface area contributed by atoms with Gasteiger partial charge >= 0.3 is 0 Å². The van der Waals surface area contributed by atoms with E-state index in [0.29, 0.717) is 6.61 Å². The van der Waals surface area contributed by atoms with Crippen molar-refractivity contribution >= 4 is 5.91 Å². The molecule has 0 aliphatic carbocycles. The molecule has 0 bridgehead atoms. The molecule has 2 saturated heterocycles. The normalized spacial score (nSPS) is 28.5. The van der Waals surface area contributed by atoms with Crippen molar-refractivity contribution in [3.05, 3.63) is 35.9 Å². The highest BCUT2D eigenvalue weighted by molar-refractivity contribution is 5.85. The topological polar surface area (TPSA) is 38.8 Å². The number of amides is 1. The molecule has 2 aliphatic heterocycles. The van der Waals surface area contributed by atoms with Crippen molar-refractivity contribution in [3.8, 4) is 0 Å². The third kappa shape index (κ3) is 2.23. The molecule has 0 saturated carbocycles. The molecule has 1 aromatic carbocycles. The first-order valence-electron chi connectivity index (χ1n) is 7.18. The quantitative estimate of drug-likeness (QED) is 0.848. The molecule has 4 nitrogen and oxygen atoms in total. The fourth-order valence-electron chi connectivity index (χ4n) is 3.12. The molecule has 108 valence electrons. The van der Waals surface area contributed by atoms with Crippen LogP contribution in [0.2, 0.25) is 0 Å². The number of hydrogen-bond donors (Lipinski definition) is 0. The minimum Gasteiger partial charge on any atom is -0.363 e. The van der Waals surface area contributed by atoms with E-state index in [1.54, 1.807) is 0 Å².